The van der Waals surface area contributed by atoms with Crippen LogP contribution in [0.1, 0.15) is 54.2 Å². The van der Waals surface area contributed by atoms with Crippen LogP contribution in [0.25, 0.3) is 0 Å². The Bertz CT molecular complexity index is 948. The van der Waals surface area contributed by atoms with Crippen molar-refractivity contribution < 1.29 is 28.4 Å². The second-order valence-corrected chi connectivity index (χ2v) is 8.01. The predicted octanol–water partition coefficient (Wildman–Crippen LogP) is 2.49. The van der Waals surface area contributed by atoms with Gasteiger partial charge in [0.25, 0.3) is 5.91 Å². The van der Waals surface area contributed by atoms with E-state index in [0.29, 0.717) is 29.6 Å². The van der Waals surface area contributed by atoms with E-state index in [1.807, 2.05) is 20.8 Å². The normalized spacial score (nSPS) is 13.8. The van der Waals surface area contributed by atoms with Crippen LogP contribution in [0, 0.1) is 11.7 Å². The van der Waals surface area contributed by atoms with E-state index in [-0.39, 0.29) is 18.3 Å². The zero-order valence-corrected chi connectivity index (χ0v) is 18.0. The summed E-state index contributed by atoms with van der Waals surface area (Å²) < 4.78 is 23.7. The third-order valence-corrected chi connectivity index (χ3v) is 5.34. The number of rotatable bonds is 8. The highest BCUT2D eigenvalue weighted by Crippen LogP contribution is 2.19. The number of benzene rings is 2. The monoisotopic (exact) mass is 427 g/mol. The van der Waals surface area contributed by atoms with Crippen molar-refractivity contribution in [1.29, 1.82) is 0 Å². The molecule has 1 unspecified atom stereocenters. The maximum atomic E-state index is 13.1. The highest BCUT2D eigenvalue weighted by atomic mass is 19.1. The molecule has 0 fully saturated rings. The minimum Gasteiger partial charge on any atom is -0.459 e. The van der Waals surface area contributed by atoms with Gasteiger partial charge in [-0.15, -0.1) is 0 Å². The summed E-state index contributed by atoms with van der Waals surface area (Å²) >= 11 is 0. The van der Waals surface area contributed by atoms with E-state index < -0.39 is 25.0 Å². The van der Waals surface area contributed by atoms with Crippen LogP contribution in [-0.2, 0) is 33.8 Å². The Morgan fingerprint density at radius 3 is 2.58 bits per heavy atom. The molecule has 0 bridgehead atoms. The molecular formula is C23H27BFNO5. The van der Waals surface area contributed by atoms with Gasteiger partial charge in [0.05, 0.1) is 6.61 Å². The topological polar surface area (TPSA) is 84.9 Å². The molecule has 0 saturated carbocycles. The molecule has 164 valence electrons. The number of halogens is 1. The molecular weight excluding hydrogens is 400 g/mol. The van der Waals surface area contributed by atoms with Crippen LogP contribution in [0.2, 0.25) is 0 Å². The molecule has 31 heavy (non-hydrogen) atoms. The van der Waals surface area contributed by atoms with Gasteiger partial charge in [-0.1, -0.05) is 45.4 Å². The fourth-order valence-electron chi connectivity index (χ4n) is 3.67. The van der Waals surface area contributed by atoms with E-state index >= 15 is 0 Å². The first-order valence-electron chi connectivity index (χ1n) is 10.5. The fourth-order valence-corrected chi connectivity index (χ4v) is 3.67. The average Bonchev–Trinajstić information content (AvgIpc) is 3.12. The third kappa shape index (κ3) is 5.32. The molecule has 2 aromatic carbocycles. The Kier molecular flexibility index (Phi) is 7.46. The largest absolute Gasteiger partial charge is 0.492 e. The first kappa shape index (κ1) is 23.0. The maximum Gasteiger partial charge on any atom is 0.492 e. The molecule has 6 nitrogen and oxygen atoms in total. The van der Waals surface area contributed by atoms with Crippen LogP contribution < -0.4 is 10.8 Å². The molecule has 2 aromatic rings. The molecule has 0 spiro atoms. The van der Waals surface area contributed by atoms with Gasteiger partial charge in [-0.05, 0) is 52.7 Å². The first-order valence-corrected chi connectivity index (χ1v) is 10.5. The molecule has 0 aromatic heterocycles. The second-order valence-electron chi connectivity index (χ2n) is 8.01. The van der Waals surface area contributed by atoms with Gasteiger partial charge in [0.15, 0.2) is 0 Å². The van der Waals surface area contributed by atoms with Gasteiger partial charge in [-0.3, -0.25) is 4.79 Å². The summed E-state index contributed by atoms with van der Waals surface area (Å²) in [7, 11) is -1.05. The van der Waals surface area contributed by atoms with Gasteiger partial charge in [0, 0.05) is 5.56 Å². The standard InChI is InChI=1S/C23H27BFNO5/c1-4-5-18-19(11-8-16-13-31-24(29)20(16)18)22(27)26-21(14(2)3)23(28)30-12-15-6-9-17(25)10-7-15/h6-11,14,21,29H,4-5,12-13H2,1-3H3,(H,26,27). The molecule has 3 rings (SSSR count). The number of fused-ring (bicyclic) bond motifs is 1. The lowest BCUT2D eigenvalue weighted by molar-refractivity contribution is -0.148. The summed E-state index contributed by atoms with van der Waals surface area (Å²) in [4.78, 5) is 25.8. The zero-order chi connectivity index (χ0) is 22.5. The van der Waals surface area contributed by atoms with Crippen molar-refractivity contribution in [3.05, 3.63) is 64.5 Å². The van der Waals surface area contributed by atoms with Crippen molar-refractivity contribution in [2.45, 2.75) is 52.9 Å². The summed E-state index contributed by atoms with van der Waals surface area (Å²) in [5.74, 6) is -1.53. The number of carbonyl (C=O) groups excluding carboxylic acids is 2. The van der Waals surface area contributed by atoms with Crippen LogP contribution in [0.3, 0.4) is 0 Å². The van der Waals surface area contributed by atoms with Crippen LogP contribution in [0.4, 0.5) is 4.39 Å². The maximum absolute atomic E-state index is 13.1. The summed E-state index contributed by atoms with van der Waals surface area (Å²) in [6.45, 7) is 5.92. The van der Waals surface area contributed by atoms with Crippen LogP contribution >= 0.6 is 0 Å². The van der Waals surface area contributed by atoms with Gasteiger partial charge in [-0.25, -0.2) is 9.18 Å². The Hall–Kier alpha value is -2.71. The van der Waals surface area contributed by atoms with Crippen LogP contribution in [-0.4, -0.2) is 30.1 Å². The molecule has 0 aliphatic carbocycles. The van der Waals surface area contributed by atoms with Gasteiger partial charge < -0.3 is 19.7 Å². The lowest BCUT2D eigenvalue weighted by Gasteiger charge is -2.22. The summed E-state index contributed by atoms with van der Waals surface area (Å²) in [6, 6.07) is 8.31. The van der Waals surface area contributed by atoms with Crippen LogP contribution in [0.15, 0.2) is 36.4 Å². The van der Waals surface area contributed by atoms with E-state index in [0.717, 1.165) is 17.5 Å². The number of hydrogen-bond acceptors (Lipinski definition) is 5. The SMILES string of the molecule is CCCc1c(C(=O)NC(C(=O)OCc2ccc(F)cc2)C(C)C)ccc2c1B(O)OC2. The molecule has 2 N–H and O–H groups in total. The lowest BCUT2D eigenvalue weighted by atomic mass is 9.73. The molecule has 1 heterocycles. The fraction of sp³-hybridized carbons (Fsp3) is 0.391. The predicted molar refractivity (Wildman–Crippen MR) is 115 cm³/mol. The van der Waals surface area contributed by atoms with Crippen molar-refractivity contribution in [3.63, 3.8) is 0 Å². The van der Waals surface area contributed by atoms with Crippen molar-refractivity contribution in [1.82, 2.24) is 5.32 Å². The summed E-state index contributed by atoms with van der Waals surface area (Å²) in [5, 5.41) is 13.0. The second kappa shape index (κ2) is 10.1. The summed E-state index contributed by atoms with van der Waals surface area (Å²) in [5.41, 5.74) is 3.33. The number of hydrogen-bond donors (Lipinski definition) is 2. The number of carbonyl (C=O) groups is 2. The molecule has 1 amide bonds. The van der Waals surface area contributed by atoms with E-state index in [1.54, 1.807) is 24.3 Å². The number of amides is 1. The van der Waals surface area contributed by atoms with Crippen molar-refractivity contribution in [2.24, 2.45) is 5.92 Å². The molecule has 0 saturated heterocycles. The van der Waals surface area contributed by atoms with Gasteiger partial charge in [0.1, 0.15) is 18.5 Å². The third-order valence-electron chi connectivity index (χ3n) is 5.34. The highest BCUT2D eigenvalue weighted by Gasteiger charge is 2.33. The Morgan fingerprint density at radius 1 is 1.23 bits per heavy atom. The number of esters is 1. The van der Waals surface area contributed by atoms with Gasteiger partial charge in [-0.2, -0.15) is 0 Å². The van der Waals surface area contributed by atoms with Crippen molar-refractivity contribution in [2.75, 3.05) is 0 Å². The van der Waals surface area contributed by atoms with Crippen LogP contribution in [0.5, 0.6) is 0 Å². The number of nitrogens with one attached hydrogen (secondary N) is 1. The van der Waals surface area contributed by atoms with Gasteiger partial charge in [0.2, 0.25) is 0 Å². The average molecular weight is 427 g/mol. The smallest absolute Gasteiger partial charge is 0.459 e. The molecule has 1 aliphatic heterocycles. The minimum atomic E-state index is -1.05. The summed E-state index contributed by atoms with van der Waals surface area (Å²) in [6.07, 6.45) is 1.39. The Morgan fingerprint density at radius 2 is 1.94 bits per heavy atom. The van der Waals surface area contributed by atoms with Gasteiger partial charge >= 0.3 is 13.1 Å². The van der Waals surface area contributed by atoms with E-state index in [2.05, 4.69) is 5.32 Å². The lowest BCUT2D eigenvalue weighted by Crippen LogP contribution is -2.46. The van der Waals surface area contributed by atoms with E-state index in [9.17, 15) is 19.0 Å². The first-order chi connectivity index (χ1) is 14.8. The van der Waals surface area contributed by atoms with E-state index in [1.165, 1.54) is 12.1 Å². The van der Waals surface area contributed by atoms with Crippen molar-refractivity contribution in [3.8, 4) is 0 Å². The quantitative estimate of drug-likeness (QED) is 0.500. The Labute approximate surface area is 181 Å². The molecule has 8 heteroatoms. The molecule has 1 aliphatic rings. The zero-order valence-electron chi connectivity index (χ0n) is 18.0. The molecule has 1 atom stereocenters. The Balaban J connectivity index is 1.75. The van der Waals surface area contributed by atoms with E-state index in [4.69, 9.17) is 9.39 Å². The number of ether oxygens (including phenoxy) is 1. The minimum absolute atomic E-state index is 0.0122. The van der Waals surface area contributed by atoms with Crippen molar-refractivity contribution >= 4 is 24.5 Å². The molecule has 0 radical (unpaired) electrons. The highest BCUT2D eigenvalue weighted by molar-refractivity contribution is 6.62.